The van der Waals surface area contributed by atoms with Gasteiger partial charge in [0.1, 0.15) is 0 Å². The molecule has 1 unspecified atom stereocenters. The van der Waals surface area contributed by atoms with Gasteiger partial charge in [-0.25, -0.2) is 0 Å². The van der Waals surface area contributed by atoms with E-state index in [0.29, 0.717) is 11.3 Å². The Morgan fingerprint density at radius 3 is 2.10 bits per heavy atom. The molecule has 6 aromatic rings. The van der Waals surface area contributed by atoms with Crippen LogP contribution in [0.4, 0.5) is 34.1 Å². The molecule has 2 nitrogen and oxygen atoms in total. The molecular weight excluding hydrogens is 768 g/mol. The zero-order valence-electron chi connectivity index (χ0n) is 38.9. The van der Waals surface area contributed by atoms with E-state index in [4.69, 9.17) is 0 Å². The zero-order valence-corrected chi connectivity index (χ0v) is 39.7. The van der Waals surface area contributed by atoms with Crippen molar-refractivity contribution in [1.82, 2.24) is 0 Å². The van der Waals surface area contributed by atoms with Gasteiger partial charge in [-0.3, -0.25) is 0 Å². The number of hydrogen-bond acceptors (Lipinski definition) is 3. The van der Waals surface area contributed by atoms with Crippen LogP contribution in [0.2, 0.25) is 0 Å². The molecule has 0 saturated heterocycles. The van der Waals surface area contributed by atoms with Crippen LogP contribution in [0.15, 0.2) is 91.0 Å². The predicted octanol–water partition coefficient (Wildman–Crippen LogP) is 15.1. The van der Waals surface area contributed by atoms with E-state index in [9.17, 15) is 0 Å². The number of aryl methyl sites for hydroxylation is 2. The summed E-state index contributed by atoms with van der Waals surface area (Å²) < 4.78 is 2.93. The third kappa shape index (κ3) is 6.30. The van der Waals surface area contributed by atoms with Gasteiger partial charge in [-0.2, -0.15) is 0 Å². The molecule has 3 heterocycles. The number of benzene rings is 5. The van der Waals surface area contributed by atoms with E-state index in [0.717, 1.165) is 12.3 Å². The number of thiophene rings is 1. The minimum Gasteiger partial charge on any atom is -0.311 e. The van der Waals surface area contributed by atoms with Crippen LogP contribution in [0.1, 0.15) is 165 Å². The standard InChI is InChI=1S/C58H67BN2S/c1-9-11-13-40-33-50-53-51(34-40)61(44-20-21-46-47(36-44)57(7,8)31-30-56(46,5)6)54-45-35-42(58-27-24-39(25-28-58)26-29-58)17-23-52(45)62-55(54)59(53)48-32-37(3)14-22-49(48)60(50)43-18-15-41(16-19-43)38(4)12-10-2/h14-23,32-36,38-39H,9-13,24-31H2,1-8H3. The van der Waals surface area contributed by atoms with Crippen molar-refractivity contribution in [3.8, 4) is 0 Å². The molecule has 0 radical (unpaired) electrons. The fourth-order valence-electron chi connectivity index (χ4n) is 13.0. The second kappa shape index (κ2) is 14.9. The molecule has 318 valence electrons. The molecule has 0 spiro atoms. The van der Waals surface area contributed by atoms with Gasteiger partial charge in [0.05, 0.1) is 5.69 Å². The first-order valence-corrected chi connectivity index (χ1v) is 25.4. The van der Waals surface area contributed by atoms with Crippen LogP contribution in [-0.4, -0.2) is 6.71 Å². The molecule has 0 amide bonds. The van der Waals surface area contributed by atoms with Gasteiger partial charge in [0, 0.05) is 43.3 Å². The summed E-state index contributed by atoms with van der Waals surface area (Å²) >= 11 is 2.07. The highest BCUT2D eigenvalue weighted by molar-refractivity contribution is 7.33. The van der Waals surface area contributed by atoms with Gasteiger partial charge in [-0.05, 0) is 199 Å². The van der Waals surface area contributed by atoms with Crippen molar-refractivity contribution in [1.29, 1.82) is 0 Å². The first-order valence-electron chi connectivity index (χ1n) is 24.6. The molecule has 12 rings (SSSR count). The number of hydrogen-bond donors (Lipinski definition) is 0. The zero-order chi connectivity index (χ0) is 42.7. The Balaban J connectivity index is 1.20. The van der Waals surface area contributed by atoms with Crippen LogP contribution in [-0.2, 0) is 22.7 Å². The molecule has 4 aliphatic carbocycles. The lowest BCUT2D eigenvalue weighted by Gasteiger charge is -2.47. The lowest BCUT2D eigenvalue weighted by molar-refractivity contribution is 0.136. The summed E-state index contributed by atoms with van der Waals surface area (Å²) in [5.41, 5.74) is 20.5. The first-order chi connectivity index (χ1) is 29.9. The Bertz CT molecular complexity index is 2700. The predicted molar refractivity (Wildman–Crippen MR) is 271 cm³/mol. The fraction of sp³-hybridized carbons (Fsp3) is 0.448. The highest BCUT2D eigenvalue weighted by atomic mass is 32.1. The molecule has 2 bridgehead atoms. The number of anilines is 6. The van der Waals surface area contributed by atoms with Crippen LogP contribution in [0.25, 0.3) is 10.1 Å². The molecule has 4 heteroatoms. The molecule has 3 fully saturated rings. The van der Waals surface area contributed by atoms with Crippen molar-refractivity contribution in [2.45, 2.75) is 161 Å². The van der Waals surface area contributed by atoms with Gasteiger partial charge in [0.25, 0.3) is 6.71 Å². The van der Waals surface area contributed by atoms with E-state index in [-0.39, 0.29) is 17.5 Å². The van der Waals surface area contributed by atoms with E-state index in [1.165, 1.54) is 165 Å². The quantitative estimate of drug-likeness (QED) is 0.134. The van der Waals surface area contributed by atoms with Crippen molar-refractivity contribution in [3.05, 3.63) is 124 Å². The lowest BCUT2D eigenvalue weighted by atomic mass is 9.36. The van der Waals surface area contributed by atoms with E-state index in [2.05, 4.69) is 168 Å². The minimum atomic E-state index is 0.112. The van der Waals surface area contributed by atoms with Gasteiger partial charge < -0.3 is 9.80 Å². The molecule has 62 heavy (non-hydrogen) atoms. The highest BCUT2D eigenvalue weighted by Gasteiger charge is 2.47. The molecule has 0 N–H and O–H groups in total. The first kappa shape index (κ1) is 40.5. The fourth-order valence-corrected chi connectivity index (χ4v) is 14.3. The third-order valence-electron chi connectivity index (χ3n) is 16.9. The highest BCUT2D eigenvalue weighted by Crippen LogP contribution is 2.55. The van der Waals surface area contributed by atoms with Crippen LogP contribution in [0.5, 0.6) is 0 Å². The number of fused-ring (bicyclic) bond motifs is 10. The Kier molecular flexibility index (Phi) is 9.73. The monoisotopic (exact) mass is 835 g/mol. The lowest BCUT2D eigenvalue weighted by Crippen LogP contribution is -2.60. The minimum absolute atomic E-state index is 0.112. The van der Waals surface area contributed by atoms with Crippen LogP contribution < -0.4 is 25.5 Å². The Hall–Kier alpha value is -4.28. The molecule has 2 aliphatic heterocycles. The number of rotatable bonds is 9. The van der Waals surface area contributed by atoms with Crippen LogP contribution in [0.3, 0.4) is 0 Å². The molecule has 1 atom stereocenters. The maximum absolute atomic E-state index is 2.78. The summed E-state index contributed by atoms with van der Waals surface area (Å²) in [5, 5.41) is 1.46. The van der Waals surface area contributed by atoms with E-state index in [1.807, 2.05) is 0 Å². The summed E-state index contributed by atoms with van der Waals surface area (Å²) in [5.74, 6) is 1.51. The van der Waals surface area contributed by atoms with Gasteiger partial charge >= 0.3 is 0 Å². The average molecular weight is 835 g/mol. The van der Waals surface area contributed by atoms with Gasteiger partial charge in [0.15, 0.2) is 0 Å². The molecule has 5 aromatic carbocycles. The van der Waals surface area contributed by atoms with Crippen molar-refractivity contribution < 1.29 is 0 Å². The van der Waals surface area contributed by atoms with Gasteiger partial charge in [-0.15, -0.1) is 11.3 Å². The Labute approximate surface area is 377 Å². The second-order valence-electron chi connectivity index (χ2n) is 21.9. The Morgan fingerprint density at radius 2 is 1.39 bits per heavy atom. The van der Waals surface area contributed by atoms with E-state index < -0.39 is 0 Å². The van der Waals surface area contributed by atoms with Crippen molar-refractivity contribution in [2.24, 2.45) is 5.92 Å². The SMILES string of the molecule is CCCCc1cc2c3c(c1)N(c1ccc4c(c1)C(C)(C)CCC4(C)C)c1c(sc4ccc(C56CCC(CC5)CC6)cc14)B3c1cc(C)ccc1N2c1ccc(C(C)CCC)cc1. The van der Waals surface area contributed by atoms with Crippen molar-refractivity contribution in [2.75, 3.05) is 9.80 Å². The summed E-state index contributed by atoms with van der Waals surface area (Å²) in [6.07, 6.45) is 16.6. The molecule has 3 saturated carbocycles. The van der Waals surface area contributed by atoms with Crippen LogP contribution in [0, 0.1) is 12.8 Å². The van der Waals surface area contributed by atoms with Crippen molar-refractivity contribution in [3.63, 3.8) is 0 Å². The summed E-state index contributed by atoms with van der Waals surface area (Å²) in [6, 6.07) is 37.6. The van der Waals surface area contributed by atoms with Crippen LogP contribution >= 0.6 is 11.3 Å². The number of nitrogens with zero attached hydrogens (tertiary/aromatic N) is 2. The number of unbranched alkanes of at least 4 members (excludes halogenated alkanes) is 1. The van der Waals surface area contributed by atoms with E-state index >= 15 is 0 Å². The summed E-state index contributed by atoms with van der Waals surface area (Å²) in [4.78, 5) is 5.42. The topological polar surface area (TPSA) is 6.48 Å². The molecule has 1 aromatic heterocycles. The summed E-state index contributed by atoms with van der Waals surface area (Å²) in [7, 11) is 0. The smallest absolute Gasteiger partial charge is 0.264 e. The van der Waals surface area contributed by atoms with Crippen molar-refractivity contribution >= 4 is 78.0 Å². The Morgan fingerprint density at radius 1 is 0.694 bits per heavy atom. The van der Waals surface area contributed by atoms with Gasteiger partial charge in [-0.1, -0.05) is 103 Å². The largest absolute Gasteiger partial charge is 0.311 e. The molecular formula is C58H67BN2S. The van der Waals surface area contributed by atoms with Gasteiger partial charge in [0.2, 0.25) is 0 Å². The summed E-state index contributed by atoms with van der Waals surface area (Å²) in [6.45, 7) is 19.4. The third-order valence-corrected chi connectivity index (χ3v) is 18.2. The second-order valence-corrected chi connectivity index (χ2v) is 23.0. The normalized spacial score (nSPS) is 22.0. The van der Waals surface area contributed by atoms with E-state index in [1.54, 1.807) is 5.56 Å². The average Bonchev–Trinajstić information content (AvgIpc) is 3.66. The molecule has 6 aliphatic rings. The maximum Gasteiger partial charge on any atom is 0.264 e. The maximum atomic E-state index is 2.78.